The van der Waals surface area contributed by atoms with E-state index in [1.54, 1.807) is 11.3 Å². The summed E-state index contributed by atoms with van der Waals surface area (Å²) in [5.41, 5.74) is 6.35. The van der Waals surface area contributed by atoms with Crippen molar-refractivity contribution in [3.05, 3.63) is 58.6 Å². The van der Waals surface area contributed by atoms with Gasteiger partial charge in [0.1, 0.15) is 0 Å². The number of aliphatic hydroxyl groups excluding tert-OH is 1. The third kappa shape index (κ3) is 3.39. The first-order valence-electron chi connectivity index (χ1n) is 10.1. The smallest absolute Gasteiger partial charge is 0.156 e. The molecular formula is C23H24N4O2S. The van der Waals surface area contributed by atoms with E-state index in [0.717, 1.165) is 69.7 Å². The maximum Gasteiger partial charge on any atom is 0.156 e. The first kappa shape index (κ1) is 19.2. The molecule has 1 aromatic carbocycles. The summed E-state index contributed by atoms with van der Waals surface area (Å²) in [5.74, 6) is 0.785. The third-order valence-corrected chi connectivity index (χ3v) is 6.86. The molecule has 0 saturated carbocycles. The lowest BCUT2D eigenvalue weighted by Crippen LogP contribution is -2.36. The number of nitrogens with zero attached hydrogens (tertiary/aromatic N) is 4. The van der Waals surface area contributed by atoms with Gasteiger partial charge in [-0.2, -0.15) is 5.10 Å². The number of ether oxygens (including phenoxy) is 1. The molecule has 0 atom stereocenters. The average molecular weight is 421 g/mol. The Balaban J connectivity index is 1.63. The van der Waals surface area contributed by atoms with Crippen molar-refractivity contribution < 1.29 is 9.84 Å². The Morgan fingerprint density at radius 2 is 1.97 bits per heavy atom. The van der Waals surface area contributed by atoms with Crippen LogP contribution < -0.4 is 4.90 Å². The second kappa shape index (κ2) is 7.83. The molecule has 4 aromatic rings. The van der Waals surface area contributed by atoms with Crippen LogP contribution in [-0.2, 0) is 11.3 Å². The fraction of sp³-hybridized carbons (Fsp3) is 0.304. The Morgan fingerprint density at radius 3 is 2.73 bits per heavy atom. The van der Waals surface area contributed by atoms with E-state index in [0.29, 0.717) is 0 Å². The molecule has 1 N–H and O–H groups in total. The van der Waals surface area contributed by atoms with E-state index in [1.165, 1.54) is 5.56 Å². The standard InChI is InChI=1S/C23H24N4O2S/c1-15-4-3-5-17(12-15)18-6-7-27(25-18)21-13-19(26-8-10-29-11-9-26)23-22(24-21)16(2)20(14-28)30-23/h3-7,12-13,28H,8-11,14H2,1-2H3. The lowest BCUT2D eigenvalue weighted by molar-refractivity contribution is 0.123. The Labute approximate surface area is 179 Å². The van der Waals surface area contributed by atoms with Crippen LogP contribution in [0.15, 0.2) is 42.6 Å². The molecule has 0 unspecified atom stereocenters. The van der Waals surface area contributed by atoms with Crippen molar-refractivity contribution in [2.45, 2.75) is 20.5 Å². The number of fused-ring (bicyclic) bond motifs is 1. The molecule has 4 heterocycles. The van der Waals surface area contributed by atoms with E-state index in [4.69, 9.17) is 14.8 Å². The molecule has 6 nitrogen and oxygen atoms in total. The predicted octanol–water partition coefficient (Wildman–Crippen LogP) is 4.09. The van der Waals surface area contributed by atoms with Crippen molar-refractivity contribution in [2.24, 2.45) is 0 Å². The summed E-state index contributed by atoms with van der Waals surface area (Å²) in [6.45, 7) is 7.28. The van der Waals surface area contributed by atoms with Crippen molar-refractivity contribution >= 4 is 27.2 Å². The van der Waals surface area contributed by atoms with Gasteiger partial charge in [-0.3, -0.25) is 0 Å². The summed E-state index contributed by atoms with van der Waals surface area (Å²) >= 11 is 1.63. The lowest BCUT2D eigenvalue weighted by atomic mass is 10.1. The van der Waals surface area contributed by atoms with Crippen LogP contribution in [0.5, 0.6) is 0 Å². The molecule has 0 spiro atoms. The molecule has 3 aromatic heterocycles. The van der Waals surface area contributed by atoms with E-state index >= 15 is 0 Å². The van der Waals surface area contributed by atoms with Crippen LogP contribution in [0, 0.1) is 13.8 Å². The number of morpholine rings is 1. The Morgan fingerprint density at radius 1 is 1.13 bits per heavy atom. The molecule has 1 saturated heterocycles. The molecule has 7 heteroatoms. The number of anilines is 1. The predicted molar refractivity (Wildman–Crippen MR) is 121 cm³/mol. The van der Waals surface area contributed by atoms with Crippen molar-refractivity contribution in [1.29, 1.82) is 0 Å². The van der Waals surface area contributed by atoms with Crippen LogP contribution in [0.3, 0.4) is 0 Å². The molecule has 0 aliphatic carbocycles. The van der Waals surface area contributed by atoms with Gasteiger partial charge in [0.05, 0.1) is 41.4 Å². The molecule has 5 rings (SSSR count). The van der Waals surface area contributed by atoms with Gasteiger partial charge in [-0.15, -0.1) is 11.3 Å². The Kier molecular flexibility index (Phi) is 5.02. The Bertz CT molecular complexity index is 1210. The van der Waals surface area contributed by atoms with Crippen LogP contribution >= 0.6 is 11.3 Å². The zero-order valence-electron chi connectivity index (χ0n) is 17.1. The van der Waals surface area contributed by atoms with Gasteiger partial charge in [0.25, 0.3) is 0 Å². The first-order chi connectivity index (χ1) is 14.6. The zero-order valence-corrected chi connectivity index (χ0v) is 17.9. The van der Waals surface area contributed by atoms with E-state index in [-0.39, 0.29) is 6.61 Å². The normalized spacial score (nSPS) is 14.6. The number of pyridine rings is 1. The summed E-state index contributed by atoms with van der Waals surface area (Å²) < 4.78 is 8.51. The van der Waals surface area contributed by atoms with E-state index < -0.39 is 0 Å². The number of aliphatic hydroxyl groups is 1. The minimum Gasteiger partial charge on any atom is -0.391 e. The van der Waals surface area contributed by atoms with Gasteiger partial charge in [-0.25, -0.2) is 9.67 Å². The van der Waals surface area contributed by atoms with Gasteiger partial charge < -0.3 is 14.7 Å². The number of hydrogen-bond donors (Lipinski definition) is 1. The minimum atomic E-state index is 0.0318. The second-order valence-electron chi connectivity index (χ2n) is 7.60. The van der Waals surface area contributed by atoms with Gasteiger partial charge in [0, 0.05) is 35.8 Å². The molecule has 0 radical (unpaired) electrons. The maximum atomic E-state index is 9.79. The number of aryl methyl sites for hydroxylation is 2. The summed E-state index contributed by atoms with van der Waals surface area (Å²) in [5, 5.41) is 14.6. The topological polar surface area (TPSA) is 63.4 Å². The van der Waals surface area contributed by atoms with Crippen molar-refractivity contribution in [1.82, 2.24) is 14.8 Å². The van der Waals surface area contributed by atoms with Crippen LogP contribution in [0.2, 0.25) is 0 Å². The van der Waals surface area contributed by atoms with Crippen molar-refractivity contribution in [3.8, 4) is 17.1 Å². The lowest BCUT2D eigenvalue weighted by Gasteiger charge is -2.29. The number of thiophene rings is 1. The van der Waals surface area contributed by atoms with Crippen molar-refractivity contribution in [3.63, 3.8) is 0 Å². The number of aromatic nitrogens is 3. The monoisotopic (exact) mass is 420 g/mol. The summed E-state index contributed by atoms with van der Waals surface area (Å²) in [7, 11) is 0. The first-order valence-corrected chi connectivity index (χ1v) is 11.0. The van der Waals surface area contributed by atoms with E-state index in [9.17, 15) is 5.11 Å². The molecule has 1 aliphatic heterocycles. The van der Waals surface area contributed by atoms with Gasteiger partial charge >= 0.3 is 0 Å². The number of rotatable bonds is 4. The molecule has 1 aliphatic rings. The quantitative estimate of drug-likeness (QED) is 0.539. The average Bonchev–Trinajstić information content (AvgIpc) is 3.39. The van der Waals surface area contributed by atoms with Crippen molar-refractivity contribution in [2.75, 3.05) is 31.2 Å². The van der Waals surface area contributed by atoms with Crippen LogP contribution in [0.1, 0.15) is 16.0 Å². The largest absolute Gasteiger partial charge is 0.391 e. The summed E-state index contributed by atoms with van der Waals surface area (Å²) in [4.78, 5) is 8.24. The molecule has 154 valence electrons. The second-order valence-corrected chi connectivity index (χ2v) is 8.71. The van der Waals surface area contributed by atoms with Gasteiger partial charge in [-0.1, -0.05) is 23.8 Å². The van der Waals surface area contributed by atoms with E-state index in [2.05, 4.69) is 42.2 Å². The molecule has 1 fully saturated rings. The highest BCUT2D eigenvalue weighted by molar-refractivity contribution is 7.19. The maximum absolute atomic E-state index is 9.79. The van der Waals surface area contributed by atoms with Crippen LogP contribution in [-0.4, -0.2) is 46.2 Å². The highest BCUT2D eigenvalue weighted by atomic mass is 32.1. The molecule has 0 amide bonds. The van der Waals surface area contributed by atoms with Gasteiger partial charge in [0.15, 0.2) is 5.82 Å². The minimum absolute atomic E-state index is 0.0318. The number of hydrogen-bond acceptors (Lipinski definition) is 6. The summed E-state index contributed by atoms with van der Waals surface area (Å²) in [6.07, 6.45) is 1.96. The van der Waals surface area contributed by atoms with Gasteiger partial charge in [-0.05, 0) is 31.5 Å². The number of benzene rings is 1. The highest BCUT2D eigenvalue weighted by Crippen LogP contribution is 2.38. The SMILES string of the molecule is Cc1cccc(-c2ccn(-c3cc(N4CCOCC4)c4sc(CO)c(C)c4n3)n2)c1. The molecule has 0 bridgehead atoms. The molecule has 30 heavy (non-hydrogen) atoms. The van der Waals surface area contributed by atoms with Crippen LogP contribution in [0.25, 0.3) is 27.3 Å². The van der Waals surface area contributed by atoms with Gasteiger partial charge in [0.2, 0.25) is 0 Å². The molecular weight excluding hydrogens is 396 g/mol. The Hall–Kier alpha value is -2.74. The fourth-order valence-electron chi connectivity index (χ4n) is 3.91. The summed E-state index contributed by atoms with van der Waals surface area (Å²) in [6, 6.07) is 12.5. The van der Waals surface area contributed by atoms with E-state index in [1.807, 2.05) is 23.9 Å². The zero-order chi connectivity index (χ0) is 20.7. The van der Waals surface area contributed by atoms with Crippen LogP contribution in [0.4, 0.5) is 5.69 Å². The third-order valence-electron chi connectivity index (χ3n) is 5.57. The highest BCUT2D eigenvalue weighted by Gasteiger charge is 2.21. The fourth-order valence-corrected chi connectivity index (χ4v) is 5.06.